The number of hydrogen-bond donors (Lipinski definition) is 2. The third-order valence-electron chi connectivity index (χ3n) is 5.04. The fraction of sp³-hybridized carbons (Fsp3) is 0.350. The van der Waals surface area contributed by atoms with Gasteiger partial charge in [-0.15, -0.1) is 10.2 Å². The molecule has 1 aromatic carbocycles. The summed E-state index contributed by atoms with van der Waals surface area (Å²) in [5, 5.41) is 19.5. The number of anilines is 1. The Kier molecular flexibility index (Phi) is 5.57. The molecule has 4 rings (SSSR count). The second-order valence-corrected chi connectivity index (χ2v) is 8.07. The summed E-state index contributed by atoms with van der Waals surface area (Å²) in [5.74, 6) is 0.508. The summed E-state index contributed by atoms with van der Waals surface area (Å²) in [4.78, 5) is 23.4. The summed E-state index contributed by atoms with van der Waals surface area (Å²) < 4.78 is 0. The van der Waals surface area contributed by atoms with E-state index in [1.54, 1.807) is 6.07 Å². The third-order valence-corrected chi connectivity index (χ3v) is 6.04. The van der Waals surface area contributed by atoms with Crippen LogP contribution in [0.2, 0.25) is 0 Å². The lowest BCUT2D eigenvalue weighted by molar-refractivity contribution is -0.115. The number of aromatic nitrogens is 4. The average molecular weight is 395 g/mol. The van der Waals surface area contributed by atoms with Gasteiger partial charge in [0.25, 0.3) is 5.56 Å². The van der Waals surface area contributed by atoms with E-state index in [2.05, 4.69) is 25.7 Å². The minimum Gasteiger partial charge on any atom is -0.300 e. The maximum absolute atomic E-state index is 12.2. The topological polar surface area (TPSA) is 101 Å². The summed E-state index contributed by atoms with van der Waals surface area (Å²) in [6, 6.07) is 13.0. The summed E-state index contributed by atoms with van der Waals surface area (Å²) in [5.41, 5.74) is 1.70. The Morgan fingerprint density at radius 2 is 1.93 bits per heavy atom. The van der Waals surface area contributed by atoms with Crippen molar-refractivity contribution in [3.8, 4) is 0 Å². The van der Waals surface area contributed by atoms with Gasteiger partial charge in [-0.05, 0) is 30.9 Å². The van der Waals surface area contributed by atoms with Gasteiger partial charge in [0.05, 0.1) is 12.1 Å². The Labute approximate surface area is 166 Å². The highest BCUT2D eigenvalue weighted by Crippen LogP contribution is 2.41. The number of carbonyl (C=O) groups is 1. The molecule has 28 heavy (non-hydrogen) atoms. The van der Waals surface area contributed by atoms with Crippen molar-refractivity contribution in [3.63, 3.8) is 0 Å². The van der Waals surface area contributed by atoms with E-state index in [1.165, 1.54) is 17.4 Å². The zero-order chi connectivity index (χ0) is 19.3. The predicted molar refractivity (Wildman–Crippen MR) is 107 cm³/mol. The number of amides is 1. The average Bonchev–Trinajstić information content (AvgIpc) is 3.18. The molecule has 0 radical (unpaired) electrons. The number of aromatic amines is 1. The Balaban J connectivity index is 1.38. The molecule has 2 heterocycles. The molecule has 8 heteroatoms. The molecule has 0 unspecified atom stereocenters. The highest BCUT2D eigenvalue weighted by atomic mass is 32.1. The van der Waals surface area contributed by atoms with E-state index in [0.717, 1.165) is 41.9 Å². The van der Waals surface area contributed by atoms with Crippen LogP contribution in [-0.4, -0.2) is 26.3 Å². The van der Waals surface area contributed by atoms with Crippen molar-refractivity contribution in [1.82, 2.24) is 20.4 Å². The van der Waals surface area contributed by atoms with Gasteiger partial charge in [-0.1, -0.05) is 48.1 Å². The molecular weight excluding hydrogens is 374 g/mol. The molecular formula is C20H21N5O2S. The number of carbonyl (C=O) groups excluding carboxylic acids is 1. The summed E-state index contributed by atoms with van der Waals surface area (Å²) in [7, 11) is 0. The molecule has 3 aromatic rings. The first-order valence-electron chi connectivity index (χ1n) is 9.40. The Morgan fingerprint density at radius 1 is 1.11 bits per heavy atom. The van der Waals surface area contributed by atoms with Crippen molar-refractivity contribution in [2.24, 2.45) is 0 Å². The van der Waals surface area contributed by atoms with Gasteiger partial charge in [0, 0.05) is 17.9 Å². The normalized spacial score (nSPS) is 19.3. The molecule has 2 atom stereocenters. The van der Waals surface area contributed by atoms with Crippen molar-refractivity contribution in [1.29, 1.82) is 0 Å². The molecule has 144 valence electrons. The van der Waals surface area contributed by atoms with Crippen LogP contribution in [0.3, 0.4) is 0 Å². The van der Waals surface area contributed by atoms with Crippen molar-refractivity contribution >= 4 is 22.4 Å². The van der Waals surface area contributed by atoms with Gasteiger partial charge in [0.2, 0.25) is 11.0 Å². The zero-order valence-corrected chi connectivity index (χ0v) is 16.1. The first kappa shape index (κ1) is 18.5. The second kappa shape index (κ2) is 8.43. The van der Waals surface area contributed by atoms with Gasteiger partial charge in [-0.3, -0.25) is 9.59 Å². The second-order valence-electron chi connectivity index (χ2n) is 7.06. The Bertz CT molecular complexity index is 981. The van der Waals surface area contributed by atoms with Crippen LogP contribution in [0.25, 0.3) is 0 Å². The van der Waals surface area contributed by atoms with E-state index in [9.17, 15) is 9.59 Å². The van der Waals surface area contributed by atoms with Gasteiger partial charge in [0.15, 0.2) is 0 Å². The lowest BCUT2D eigenvalue weighted by atomic mass is 9.80. The SMILES string of the molecule is O=C(Cc1ccccc1)Nc1nnc([C@@H]2CCC[C@H](c3ccc(=O)[nH]n3)C2)s1. The van der Waals surface area contributed by atoms with E-state index in [1.807, 2.05) is 30.3 Å². The van der Waals surface area contributed by atoms with Crippen LogP contribution in [0.4, 0.5) is 5.13 Å². The molecule has 2 N–H and O–H groups in total. The highest BCUT2D eigenvalue weighted by Gasteiger charge is 2.28. The molecule has 0 spiro atoms. The molecule has 0 aliphatic heterocycles. The van der Waals surface area contributed by atoms with Crippen LogP contribution in [0, 0.1) is 0 Å². The van der Waals surface area contributed by atoms with Gasteiger partial charge >= 0.3 is 0 Å². The maximum Gasteiger partial charge on any atom is 0.264 e. The van der Waals surface area contributed by atoms with E-state index in [-0.39, 0.29) is 11.5 Å². The minimum absolute atomic E-state index is 0.0899. The zero-order valence-electron chi connectivity index (χ0n) is 15.3. The van der Waals surface area contributed by atoms with Crippen molar-refractivity contribution in [3.05, 3.63) is 69.1 Å². The number of H-pyrrole nitrogens is 1. The fourth-order valence-electron chi connectivity index (χ4n) is 3.66. The van der Waals surface area contributed by atoms with Crippen LogP contribution >= 0.6 is 11.3 Å². The largest absolute Gasteiger partial charge is 0.300 e. The molecule has 1 aliphatic carbocycles. The van der Waals surface area contributed by atoms with E-state index in [4.69, 9.17) is 0 Å². The van der Waals surface area contributed by atoms with Gasteiger partial charge in [-0.25, -0.2) is 5.10 Å². The monoisotopic (exact) mass is 395 g/mol. The molecule has 1 saturated carbocycles. The summed E-state index contributed by atoms with van der Waals surface area (Å²) in [6.07, 6.45) is 4.41. The minimum atomic E-state index is -0.184. The molecule has 1 amide bonds. The fourth-order valence-corrected chi connectivity index (χ4v) is 4.57. The highest BCUT2D eigenvalue weighted by molar-refractivity contribution is 7.15. The van der Waals surface area contributed by atoms with Crippen LogP contribution in [0.5, 0.6) is 0 Å². The summed E-state index contributed by atoms with van der Waals surface area (Å²) >= 11 is 1.45. The molecule has 1 aliphatic rings. The molecule has 2 aromatic heterocycles. The Morgan fingerprint density at radius 3 is 2.71 bits per heavy atom. The van der Waals surface area contributed by atoms with Gasteiger partial charge in [0.1, 0.15) is 5.01 Å². The van der Waals surface area contributed by atoms with Crippen molar-refractivity contribution < 1.29 is 4.79 Å². The van der Waals surface area contributed by atoms with Gasteiger partial charge in [-0.2, -0.15) is 5.10 Å². The number of hydrogen-bond acceptors (Lipinski definition) is 6. The smallest absolute Gasteiger partial charge is 0.264 e. The van der Waals surface area contributed by atoms with E-state index < -0.39 is 0 Å². The van der Waals surface area contributed by atoms with Gasteiger partial charge < -0.3 is 5.32 Å². The molecule has 0 bridgehead atoms. The third kappa shape index (κ3) is 4.51. The first-order valence-corrected chi connectivity index (χ1v) is 10.2. The first-order chi connectivity index (χ1) is 13.7. The predicted octanol–water partition coefficient (Wildman–Crippen LogP) is 3.24. The lowest BCUT2D eigenvalue weighted by Gasteiger charge is -2.26. The van der Waals surface area contributed by atoms with Crippen molar-refractivity contribution in [2.75, 3.05) is 5.32 Å². The number of nitrogens with zero attached hydrogens (tertiary/aromatic N) is 3. The standard InChI is InChI=1S/C20H21N5O2S/c26-17-10-9-16(22-23-17)14-7-4-8-15(12-14)19-24-25-20(28-19)21-18(27)11-13-5-2-1-3-6-13/h1-3,5-6,9-10,14-15H,4,7-8,11-12H2,(H,23,26)(H,21,25,27)/t14-,15+/m0/s1. The van der Waals surface area contributed by atoms with E-state index in [0.29, 0.717) is 23.4 Å². The van der Waals surface area contributed by atoms with E-state index >= 15 is 0 Å². The number of benzene rings is 1. The molecule has 1 fully saturated rings. The van der Waals surface area contributed by atoms with Crippen molar-refractivity contribution in [2.45, 2.75) is 43.9 Å². The Hall–Kier alpha value is -2.87. The van der Waals surface area contributed by atoms with Crippen LogP contribution in [-0.2, 0) is 11.2 Å². The molecule has 7 nitrogen and oxygen atoms in total. The summed E-state index contributed by atoms with van der Waals surface area (Å²) in [6.45, 7) is 0. The van der Waals surface area contributed by atoms with Crippen LogP contribution in [0.15, 0.2) is 47.3 Å². The van der Waals surface area contributed by atoms with Crippen LogP contribution < -0.4 is 10.9 Å². The van der Waals surface area contributed by atoms with Crippen LogP contribution in [0.1, 0.15) is 53.8 Å². The molecule has 0 saturated heterocycles. The number of nitrogens with one attached hydrogen (secondary N) is 2. The quantitative estimate of drug-likeness (QED) is 0.691. The number of rotatable bonds is 5. The maximum atomic E-state index is 12.2. The lowest BCUT2D eigenvalue weighted by Crippen LogP contribution is -2.16.